The molecule has 0 bridgehead atoms. The summed E-state index contributed by atoms with van der Waals surface area (Å²) in [5, 5.41) is 8.94. The number of alkyl halides is 3. The molecule has 7 heteroatoms. The van der Waals surface area contributed by atoms with Crippen LogP contribution in [0.25, 0.3) is 0 Å². The fourth-order valence-corrected chi connectivity index (χ4v) is 3.65. The van der Waals surface area contributed by atoms with Gasteiger partial charge in [0.2, 0.25) is 0 Å². The Morgan fingerprint density at radius 3 is 1.50 bits per heavy atom. The molecule has 0 rings (SSSR count). The van der Waals surface area contributed by atoms with Crippen LogP contribution in [0.2, 0.25) is 0 Å². The van der Waals surface area contributed by atoms with Crippen LogP contribution in [0, 0.1) is 0 Å². The smallest absolute Gasteiger partial charge is 0.395 e. The van der Waals surface area contributed by atoms with Gasteiger partial charge >= 0.3 is 12.1 Å². The molecule has 1 atom stereocenters. The Morgan fingerprint density at radius 1 is 0.800 bits per heavy atom. The number of nitrogens with zero attached hydrogens (tertiary/aromatic N) is 1. The number of carbonyl (C=O) groups excluding carboxylic acids is 1. The van der Waals surface area contributed by atoms with Crippen LogP contribution in [-0.2, 0) is 4.79 Å². The molecular formula is C23H45F3N2O2. The van der Waals surface area contributed by atoms with E-state index in [1.54, 1.807) is 0 Å². The molecule has 1 unspecified atom stereocenters. The van der Waals surface area contributed by atoms with E-state index >= 15 is 0 Å². The van der Waals surface area contributed by atoms with Crippen molar-refractivity contribution in [3.05, 3.63) is 0 Å². The number of carbonyl (C=O) groups is 1. The molecule has 3 N–H and O–H groups in total. The minimum Gasteiger partial charge on any atom is -0.395 e. The van der Waals surface area contributed by atoms with Crippen molar-refractivity contribution in [2.45, 2.75) is 122 Å². The van der Waals surface area contributed by atoms with E-state index in [2.05, 4.69) is 6.92 Å². The van der Waals surface area contributed by atoms with Crippen molar-refractivity contribution < 1.29 is 23.1 Å². The SMILES string of the molecule is CCCCCCCCCCCCCCCCCCN(CC(N)CO)C(=O)C(F)(F)F. The predicted molar refractivity (Wildman–Crippen MR) is 117 cm³/mol. The summed E-state index contributed by atoms with van der Waals surface area (Å²) in [6, 6.07) is -0.850. The number of amides is 1. The van der Waals surface area contributed by atoms with E-state index in [9.17, 15) is 18.0 Å². The van der Waals surface area contributed by atoms with E-state index in [0.29, 0.717) is 6.42 Å². The van der Waals surface area contributed by atoms with Gasteiger partial charge in [-0.15, -0.1) is 0 Å². The molecule has 0 saturated heterocycles. The van der Waals surface area contributed by atoms with Crippen LogP contribution in [0.5, 0.6) is 0 Å². The number of rotatable bonds is 20. The van der Waals surface area contributed by atoms with Gasteiger partial charge in [-0.25, -0.2) is 0 Å². The Kier molecular flexibility index (Phi) is 18.4. The number of halogens is 3. The van der Waals surface area contributed by atoms with Crippen molar-refractivity contribution in [1.82, 2.24) is 4.90 Å². The molecule has 30 heavy (non-hydrogen) atoms. The van der Waals surface area contributed by atoms with E-state index in [1.807, 2.05) is 0 Å². The van der Waals surface area contributed by atoms with E-state index in [4.69, 9.17) is 10.8 Å². The standard InChI is InChI=1S/C23H45F3N2O2/c1-2-3-4-5-6-7-8-9-10-11-12-13-14-15-16-17-18-28(19-21(27)20-29)22(30)23(24,25)26/h21,29H,2-20,27H2,1H3. The number of aliphatic hydroxyl groups is 1. The third-order valence-corrected chi connectivity index (χ3v) is 5.50. The van der Waals surface area contributed by atoms with E-state index in [1.165, 1.54) is 70.6 Å². The first kappa shape index (κ1) is 29.2. The van der Waals surface area contributed by atoms with Gasteiger partial charge in [-0.05, 0) is 6.42 Å². The number of aliphatic hydroxyl groups excluding tert-OH is 1. The highest BCUT2D eigenvalue weighted by Gasteiger charge is 2.42. The monoisotopic (exact) mass is 438 g/mol. The average molecular weight is 439 g/mol. The van der Waals surface area contributed by atoms with Gasteiger partial charge in [0.05, 0.1) is 6.61 Å². The minimum atomic E-state index is -4.90. The lowest BCUT2D eigenvalue weighted by atomic mass is 10.0. The molecule has 0 aliphatic heterocycles. The molecule has 0 fully saturated rings. The van der Waals surface area contributed by atoms with Crippen molar-refractivity contribution in [2.75, 3.05) is 19.7 Å². The predicted octanol–water partition coefficient (Wildman–Crippen LogP) is 5.96. The van der Waals surface area contributed by atoms with Gasteiger partial charge in [0.25, 0.3) is 0 Å². The number of hydrogen-bond acceptors (Lipinski definition) is 3. The lowest BCUT2D eigenvalue weighted by Crippen LogP contribution is -2.48. The second-order valence-corrected chi connectivity index (χ2v) is 8.49. The molecule has 0 radical (unpaired) electrons. The van der Waals surface area contributed by atoms with E-state index in [0.717, 1.165) is 30.6 Å². The molecule has 180 valence electrons. The third-order valence-electron chi connectivity index (χ3n) is 5.50. The summed E-state index contributed by atoms with van der Waals surface area (Å²) in [5.74, 6) is -1.87. The quantitative estimate of drug-likeness (QED) is 0.231. The van der Waals surface area contributed by atoms with E-state index in [-0.39, 0.29) is 13.1 Å². The lowest BCUT2D eigenvalue weighted by molar-refractivity contribution is -0.185. The molecule has 0 heterocycles. The molecule has 0 aromatic rings. The summed E-state index contributed by atoms with van der Waals surface area (Å²) in [6.07, 6.45) is 14.3. The Bertz CT molecular complexity index is 406. The van der Waals surface area contributed by atoms with Crippen molar-refractivity contribution in [3.8, 4) is 0 Å². The molecular weight excluding hydrogens is 393 g/mol. The summed E-state index contributed by atoms with van der Waals surface area (Å²) in [7, 11) is 0. The number of nitrogens with two attached hydrogens (primary N) is 1. The summed E-state index contributed by atoms with van der Waals surface area (Å²) < 4.78 is 38.0. The average Bonchev–Trinajstić information content (AvgIpc) is 2.71. The molecule has 0 aromatic carbocycles. The topological polar surface area (TPSA) is 66.6 Å². The summed E-state index contributed by atoms with van der Waals surface area (Å²) >= 11 is 0. The van der Waals surface area contributed by atoms with Crippen molar-refractivity contribution in [2.24, 2.45) is 5.73 Å². The first-order valence-electron chi connectivity index (χ1n) is 12.1. The minimum absolute atomic E-state index is 0.0322. The van der Waals surface area contributed by atoms with Crippen LogP contribution in [0.3, 0.4) is 0 Å². The summed E-state index contributed by atoms with van der Waals surface area (Å²) in [5.41, 5.74) is 5.50. The molecule has 1 amide bonds. The normalized spacial score (nSPS) is 12.9. The maximum absolute atomic E-state index is 12.7. The Hall–Kier alpha value is -0.820. The molecule has 0 aliphatic rings. The van der Waals surface area contributed by atoms with Crippen LogP contribution in [0.15, 0.2) is 0 Å². The highest BCUT2D eigenvalue weighted by atomic mass is 19.4. The maximum Gasteiger partial charge on any atom is 0.471 e. The summed E-state index contributed by atoms with van der Waals surface area (Å²) in [4.78, 5) is 12.2. The first-order chi connectivity index (χ1) is 14.3. The first-order valence-corrected chi connectivity index (χ1v) is 12.1. The van der Waals surface area contributed by atoms with Crippen LogP contribution in [0.4, 0.5) is 13.2 Å². The highest BCUT2D eigenvalue weighted by Crippen LogP contribution is 2.19. The van der Waals surface area contributed by atoms with Gasteiger partial charge in [-0.3, -0.25) is 4.79 Å². The van der Waals surface area contributed by atoms with Gasteiger partial charge in [-0.2, -0.15) is 13.2 Å². The fourth-order valence-electron chi connectivity index (χ4n) is 3.65. The van der Waals surface area contributed by atoms with Crippen LogP contribution in [0.1, 0.15) is 110 Å². The van der Waals surface area contributed by atoms with Crippen molar-refractivity contribution >= 4 is 5.91 Å². The van der Waals surface area contributed by atoms with Crippen LogP contribution >= 0.6 is 0 Å². The second-order valence-electron chi connectivity index (χ2n) is 8.49. The van der Waals surface area contributed by atoms with Gasteiger partial charge in [-0.1, -0.05) is 103 Å². The van der Waals surface area contributed by atoms with Gasteiger partial charge < -0.3 is 15.7 Å². The molecule has 4 nitrogen and oxygen atoms in total. The zero-order valence-electron chi connectivity index (χ0n) is 19.0. The summed E-state index contributed by atoms with van der Waals surface area (Å²) in [6.45, 7) is 1.56. The lowest BCUT2D eigenvalue weighted by Gasteiger charge is -2.26. The second kappa shape index (κ2) is 18.9. The van der Waals surface area contributed by atoms with Crippen LogP contribution in [-0.4, -0.2) is 47.8 Å². The highest BCUT2D eigenvalue weighted by molar-refractivity contribution is 5.81. The maximum atomic E-state index is 12.7. The number of hydrogen-bond donors (Lipinski definition) is 2. The Morgan fingerprint density at radius 2 is 1.17 bits per heavy atom. The Labute approximate surface area is 181 Å². The van der Waals surface area contributed by atoms with Gasteiger partial charge in [0, 0.05) is 19.1 Å². The fraction of sp³-hybridized carbons (Fsp3) is 0.957. The zero-order valence-corrected chi connectivity index (χ0v) is 19.0. The zero-order chi connectivity index (χ0) is 22.7. The molecule has 0 aromatic heterocycles. The molecule has 0 aliphatic carbocycles. The van der Waals surface area contributed by atoms with Crippen molar-refractivity contribution in [3.63, 3.8) is 0 Å². The largest absolute Gasteiger partial charge is 0.471 e. The Balaban J connectivity index is 3.62. The third kappa shape index (κ3) is 16.9. The van der Waals surface area contributed by atoms with Gasteiger partial charge in [0.1, 0.15) is 0 Å². The van der Waals surface area contributed by atoms with Crippen LogP contribution < -0.4 is 5.73 Å². The molecule has 0 spiro atoms. The molecule has 0 saturated carbocycles. The van der Waals surface area contributed by atoms with Crippen molar-refractivity contribution in [1.29, 1.82) is 0 Å². The van der Waals surface area contributed by atoms with Gasteiger partial charge in [0.15, 0.2) is 0 Å². The number of unbranched alkanes of at least 4 members (excludes halogenated alkanes) is 15. The van der Waals surface area contributed by atoms with E-state index < -0.39 is 24.7 Å².